The molecule has 1 atom stereocenters. The number of hydrogen-bond acceptors (Lipinski definition) is 3. The molecule has 1 aliphatic heterocycles. The SMILES string of the molecule is O=C(c1cccn1CCc1ccccc1)N1CC[C@@H](n2cncn2)C1. The molecule has 1 aliphatic rings. The topological polar surface area (TPSA) is 56.0 Å². The van der Waals surface area contributed by atoms with Crippen molar-refractivity contribution in [3.8, 4) is 0 Å². The quantitative estimate of drug-likeness (QED) is 0.719. The van der Waals surface area contributed by atoms with Crippen LogP contribution in [-0.2, 0) is 13.0 Å². The Hall–Kier alpha value is -2.89. The normalized spacial score (nSPS) is 17.1. The second-order valence-electron chi connectivity index (χ2n) is 6.39. The predicted octanol–water partition coefficient (Wildman–Crippen LogP) is 2.41. The summed E-state index contributed by atoms with van der Waals surface area (Å²) in [5, 5.41) is 4.20. The van der Waals surface area contributed by atoms with Gasteiger partial charge in [-0.25, -0.2) is 9.67 Å². The van der Waals surface area contributed by atoms with Crippen molar-refractivity contribution in [1.29, 1.82) is 0 Å². The minimum Gasteiger partial charge on any atom is -0.343 e. The van der Waals surface area contributed by atoms with Gasteiger partial charge in [-0.15, -0.1) is 0 Å². The second-order valence-corrected chi connectivity index (χ2v) is 6.39. The summed E-state index contributed by atoms with van der Waals surface area (Å²) in [5.41, 5.74) is 2.04. The standard InChI is InChI=1S/C19H21N5O/c25-19(23-12-9-17(13-23)24-15-20-14-21-24)18-7-4-10-22(18)11-8-16-5-2-1-3-6-16/h1-7,10,14-15,17H,8-9,11-13H2/t17-/m1/s1. The molecule has 128 valence electrons. The van der Waals surface area contributed by atoms with Gasteiger partial charge in [-0.2, -0.15) is 5.10 Å². The summed E-state index contributed by atoms with van der Waals surface area (Å²) in [6.07, 6.45) is 7.08. The first-order valence-corrected chi connectivity index (χ1v) is 8.64. The van der Waals surface area contributed by atoms with Gasteiger partial charge < -0.3 is 9.47 Å². The van der Waals surface area contributed by atoms with Gasteiger partial charge in [-0.1, -0.05) is 30.3 Å². The number of nitrogens with zero attached hydrogens (tertiary/aromatic N) is 5. The first-order chi connectivity index (χ1) is 12.3. The molecule has 0 unspecified atom stereocenters. The van der Waals surface area contributed by atoms with E-state index in [9.17, 15) is 4.79 Å². The fraction of sp³-hybridized carbons (Fsp3) is 0.316. The predicted molar refractivity (Wildman–Crippen MR) is 94.2 cm³/mol. The Kier molecular flexibility index (Phi) is 4.33. The molecule has 0 bridgehead atoms. The van der Waals surface area contributed by atoms with E-state index >= 15 is 0 Å². The summed E-state index contributed by atoms with van der Waals surface area (Å²) in [6, 6.07) is 14.4. The molecule has 3 heterocycles. The van der Waals surface area contributed by atoms with Gasteiger partial charge in [0, 0.05) is 25.8 Å². The maximum atomic E-state index is 12.9. The molecule has 3 aromatic rings. The van der Waals surface area contributed by atoms with Crippen molar-refractivity contribution < 1.29 is 4.79 Å². The van der Waals surface area contributed by atoms with Crippen LogP contribution in [0.15, 0.2) is 61.3 Å². The van der Waals surface area contributed by atoms with Crippen molar-refractivity contribution in [2.75, 3.05) is 13.1 Å². The lowest BCUT2D eigenvalue weighted by molar-refractivity contribution is 0.0776. The molecule has 0 aliphatic carbocycles. The van der Waals surface area contributed by atoms with E-state index in [4.69, 9.17) is 0 Å². The van der Waals surface area contributed by atoms with Crippen LogP contribution in [0.3, 0.4) is 0 Å². The Morgan fingerprint density at radius 1 is 1.16 bits per heavy atom. The monoisotopic (exact) mass is 335 g/mol. The summed E-state index contributed by atoms with van der Waals surface area (Å²) >= 11 is 0. The van der Waals surface area contributed by atoms with Gasteiger partial charge in [0.25, 0.3) is 5.91 Å². The molecule has 1 amide bonds. The Balaban J connectivity index is 1.42. The van der Waals surface area contributed by atoms with Crippen molar-refractivity contribution in [1.82, 2.24) is 24.2 Å². The van der Waals surface area contributed by atoms with Crippen LogP contribution in [0, 0.1) is 0 Å². The maximum absolute atomic E-state index is 12.9. The summed E-state index contributed by atoms with van der Waals surface area (Å²) in [4.78, 5) is 18.8. The zero-order chi connectivity index (χ0) is 17.1. The van der Waals surface area contributed by atoms with Crippen LogP contribution in [0.5, 0.6) is 0 Å². The highest BCUT2D eigenvalue weighted by Gasteiger charge is 2.29. The van der Waals surface area contributed by atoms with Crippen molar-refractivity contribution in [2.45, 2.75) is 25.4 Å². The van der Waals surface area contributed by atoms with Gasteiger partial charge in [0.1, 0.15) is 18.3 Å². The Bertz CT molecular complexity index is 825. The van der Waals surface area contributed by atoms with Crippen molar-refractivity contribution in [2.24, 2.45) is 0 Å². The van der Waals surface area contributed by atoms with Crippen LogP contribution in [-0.4, -0.2) is 43.2 Å². The molecule has 6 heteroatoms. The molecular weight excluding hydrogens is 314 g/mol. The molecule has 0 radical (unpaired) electrons. The second kappa shape index (κ2) is 6.93. The average Bonchev–Trinajstić information content (AvgIpc) is 3.41. The van der Waals surface area contributed by atoms with E-state index in [0.717, 1.165) is 31.6 Å². The zero-order valence-electron chi connectivity index (χ0n) is 14.0. The fourth-order valence-electron chi connectivity index (χ4n) is 3.41. The molecule has 6 nitrogen and oxygen atoms in total. The number of hydrogen-bond donors (Lipinski definition) is 0. The van der Waals surface area contributed by atoms with Gasteiger partial charge in [0.15, 0.2) is 0 Å². The number of benzene rings is 1. The minimum absolute atomic E-state index is 0.0978. The molecule has 0 saturated carbocycles. The lowest BCUT2D eigenvalue weighted by atomic mass is 10.1. The van der Waals surface area contributed by atoms with Crippen LogP contribution in [0.2, 0.25) is 0 Å². The molecule has 2 aromatic heterocycles. The third-order valence-corrected chi connectivity index (χ3v) is 4.79. The minimum atomic E-state index is 0.0978. The molecule has 25 heavy (non-hydrogen) atoms. The average molecular weight is 335 g/mol. The summed E-state index contributed by atoms with van der Waals surface area (Å²) in [7, 11) is 0. The van der Waals surface area contributed by atoms with Crippen molar-refractivity contribution >= 4 is 5.91 Å². The maximum Gasteiger partial charge on any atom is 0.270 e. The zero-order valence-corrected chi connectivity index (χ0v) is 14.0. The number of carbonyl (C=O) groups excluding carboxylic acids is 1. The first kappa shape index (κ1) is 15.6. The van der Waals surface area contributed by atoms with Crippen LogP contribution >= 0.6 is 0 Å². The molecule has 1 aromatic carbocycles. The first-order valence-electron chi connectivity index (χ1n) is 8.64. The van der Waals surface area contributed by atoms with E-state index in [1.165, 1.54) is 5.56 Å². The summed E-state index contributed by atoms with van der Waals surface area (Å²) in [6.45, 7) is 2.25. The van der Waals surface area contributed by atoms with E-state index in [-0.39, 0.29) is 11.9 Å². The highest BCUT2D eigenvalue weighted by Crippen LogP contribution is 2.22. The van der Waals surface area contributed by atoms with Gasteiger partial charge in [-0.05, 0) is 30.5 Å². The van der Waals surface area contributed by atoms with E-state index < -0.39 is 0 Å². The summed E-state index contributed by atoms with van der Waals surface area (Å²) in [5.74, 6) is 0.0978. The van der Waals surface area contributed by atoms with E-state index in [0.29, 0.717) is 6.54 Å². The molecule has 1 fully saturated rings. The lowest BCUT2D eigenvalue weighted by Crippen LogP contribution is -2.31. The Morgan fingerprint density at radius 3 is 2.84 bits per heavy atom. The molecule has 1 saturated heterocycles. The van der Waals surface area contributed by atoms with Crippen LogP contribution in [0.1, 0.15) is 28.5 Å². The molecular formula is C19H21N5O. The largest absolute Gasteiger partial charge is 0.343 e. The third-order valence-electron chi connectivity index (χ3n) is 4.79. The van der Waals surface area contributed by atoms with Crippen molar-refractivity contribution in [3.05, 3.63) is 72.6 Å². The van der Waals surface area contributed by atoms with Crippen LogP contribution in [0.25, 0.3) is 0 Å². The Morgan fingerprint density at radius 2 is 2.04 bits per heavy atom. The highest BCUT2D eigenvalue weighted by molar-refractivity contribution is 5.93. The number of aryl methyl sites for hydroxylation is 2. The van der Waals surface area contributed by atoms with Gasteiger partial charge in [0.2, 0.25) is 0 Å². The smallest absolute Gasteiger partial charge is 0.270 e. The number of rotatable bonds is 5. The van der Waals surface area contributed by atoms with E-state index in [1.807, 2.05) is 46.1 Å². The number of likely N-dealkylation sites (tertiary alicyclic amines) is 1. The van der Waals surface area contributed by atoms with Crippen LogP contribution < -0.4 is 0 Å². The highest BCUT2D eigenvalue weighted by atomic mass is 16.2. The molecule has 4 rings (SSSR count). The van der Waals surface area contributed by atoms with Gasteiger partial charge in [-0.3, -0.25) is 4.79 Å². The molecule has 0 N–H and O–H groups in total. The van der Waals surface area contributed by atoms with E-state index in [1.54, 1.807) is 12.7 Å². The van der Waals surface area contributed by atoms with Crippen molar-refractivity contribution in [3.63, 3.8) is 0 Å². The van der Waals surface area contributed by atoms with E-state index in [2.05, 4.69) is 26.8 Å². The summed E-state index contributed by atoms with van der Waals surface area (Å²) < 4.78 is 3.90. The van der Waals surface area contributed by atoms with Crippen LogP contribution in [0.4, 0.5) is 0 Å². The number of amides is 1. The lowest BCUT2D eigenvalue weighted by Gasteiger charge is -2.18. The number of carbonyl (C=O) groups is 1. The third kappa shape index (κ3) is 3.33. The van der Waals surface area contributed by atoms with Gasteiger partial charge in [0.05, 0.1) is 6.04 Å². The number of aromatic nitrogens is 4. The molecule has 0 spiro atoms. The van der Waals surface area contributed by atoms with Gasteiger partial charge >= 0.3 is 0 Å². The fourth-order valence-corrected chi connectivity index (χ4v) is 3.41. The Labute approximate surface area is 146 Å².